The van der Waals surface area contributed by atoms with Crippen molar-refractivity contribution in [1.29, 1.82) is 0 Å². The molecule has 6 heavy (non-hydrogen) atoms. The van der Waals surface area contributed by atoms with E-state index >= 15 is 0 Å². The van der Waals surface area contributed by atoms with Crippen molar-refractivity contribution in [3.8, 4) is 0 Å². The molecule has 36 valence electrons. The van der Waals surface area contributed by atoms with Crippen molar-refractivity contribution in [2.75, 3.05) is 0 Å². The first-order chi connectivity index (χ1) is 1.73. The summed E-state index contributed by atoms with van der Waals surface area (Å²) in [6, 6.07) is 0. The van der Waals surface area contributed by atoms with Crippen molar-refractivity contribution < 1.29 is 56.6 Å². The second kappa shape index (κ2) is 9.10. The van der Waals surface area contributed by atoms with E-state index in [9.17, 15) is 0 Å². The molecular formula is H3NNdO4. The van der Waals surface area contributed by atoms with Gasteiger partial charge in [0.2, 0.25) is 0 Å². The average Bonchev–Trinajstić information content (AvgIpc) is 0.811. The Kier molecular flexibility index (Phi) is 24.3. The summed E-state index contributed by atoms with van der Waals surface area (Å²) in [5, 5.41) is 13.6. The molecule has 0 aliphatic rings. The third-order valence-electron chi connectivity index (χ3n) is 0. The van der Waals surface area contributed by atoms with Gasteiger partial charge in [-0.3, -0.25) is 0 Å². The van der Waals surface area contributed by atoms with Crippen LogP contribution in [-0.4, -0.2) is 15.8 Å². The van der Waals surface area contributed by atoms with E-state index in [-0.39, 0.29) is 46.3 Å². The zero-order valence-electron chi connectivity index (χ0n) is 2.71. The Morgan fingerprint density at radius 2 is 1.67 bits per heavy atom. The molecule has 0 aromatic rings. The van der Waals surface area contributed by atoms with E-state index in [0.29, 0.717) is 0 Å². The average molecular weight is 225 g/mol. The van der Waals surface area contributed by atoms with E-state index in [1.54, 1.807) is 0 Å². The van der Waals surface area contributed by atoms with Gasteiger partial charge in [0.25, 0.3) is 5.09 Å². The minimum Gasteiger partial charge on any atom is -0.412 e. The van der Waals surface area contributed by atoms with Gasteiger partial charge >= 0.3 is 0 Å². The molecule has 0 spiro atoms. The second-order valence-electron chi connectivity index (χ2n) is 0.238. The molecule has 0 bridgehead atoms. The zero-order valence-corrected chi connectivity index (χ0v) is 5.92. The van der Waals surface area contributed by atoms with Crippen molar-refractivity contribution in [2.45, 2.75) is 0 Å². The van der Waals surface area contributed by atoms with Crippen LogP contribution in [0, 0.1) is 51.0 Å². The van der Waals surface area contributed by atoms with Crippen molar-refractivity contribution >= 4 is 0 Å². The number of nitrogens with zero attached hydrogens (tertiary/aromatic N) is 1. The first-order valence-corrected chi connectivity index (χ1v) is 0.565. The Labute approximate surface area is 66.3 Å². The van der Waals surface area contributed by atoms with Crippen LogP contribution in [0.25, 0.3) is 0 Å². The minimum absolute atomic E-state index is 0. The molecule has 3 N–H and O–H groups in total. The Morgan fingerprint density at radius 1 is 1.67 bits per heavy atom. The van der Waals surface area contributed by atoms with Gasteiger partial charge in [-0.25, -0.2) is 0 Å². The fourth-order valence-corrected chi connectivity index (χ4v) is 0. The standard InChI is InChI=1S/HNO3.Nd.H2O/c2-1(3)4;;/h(H,2,3,4);;1H2. The van der Waals surface area contributed by atoms with Crippen LogP contribution in [0.1, 0.15) is 0 Å². The van der Waals surface area contributed by atoms with Gasteiger partial charge < -0.3 is 10.7 Å². The van der Waals surface area contributed by atoms with Crippen LogP contribution in [0.5, 0.6) is 0 Å². The predicted molar refractivity (Wildman–Crippen MR) is 12.4 cm³/mol. The van der Waals surface area contributed by atoms with Crippen molar-refractivity contribution in [3.63, 3.8) is 0 Å². The molecule has 0 aliphatic carbocycles. The molecule has 0 atom stereocenters. The van der Waals surface area contributed by atoms with Crippen LogP contribution < -0.4 is 0 Å². The van der Waals surface area contributed by atoms with E-state index < -0.39 is 5.09 Å². The van der Waals surface area contributed by atoms with Crippen molar-refractivity contribution in [1.82, 2.24) is 0 Å². The topological polar surface area (TPSA) is 94.9 Å². The maximum Gasteiger partial charge on any atom is 0.291 e. The normalized spacial score (nSPS) is 4.00. The predicted octanol–water partition coefficient (Wildman–Crippen LogP) is -1.17. The first-order valence-electron chi connectivity index (χ1n) is 0.565. The summed E-state index contributed by atoms with van der Waals surface area (Å²) in [4.78, 5) is 8.36. The first kappa shape index (κ1) is 16.0. The van der Waals surface area contributed by atoms with Crippen LogP contribution in [0.2, 0.25) is 0 Å². The summed E-state index contributed by atoms with van der Waals surface area (Å²) in [6.07, 6.45) is 0. The molecular weight excluding hydrogens is 222 g/mol. The minimum atomic E-state index is -1.50. The van der Waals surface area contributed by atoms with Crippen LogP contribution >= 0.6 is 0 Å². The van der Waals surface area contributed by atoms with E-state index in [1.165, 1.54) is 0 Å². The third-order valence-corrected chi connectivity index (χ3v) is 0. The smallest absolute Gasteiger partial charge is 0.291 e. The summed E-state index contributed by atoms with van der Waals surface area (Å²) in [5.41, 5.74) is 0. The van der Waals surface area contributed by atoms with Gasteiger partial charge in [0.1, 0.15) is 0 Å². The number of hydrogen-bond donors (Lipinski definition) is 1. The Morgan fingerprint density at radius 3 is 1.67 bits per heavy atom. The van der Waals surface area contributed by atoms with Crippen LogP contribution in [0.4, 0.5) is 0 Å². The van der Waals surface area contributed by atoms with E-state index in [2.05, 4.69) is 0 Å². The number of rotatable bonds is 0. The summed E-state index contributed by atoms with van der Waals surface area (Å²) >= 11 is 0. The van der Waals surface area contributed by atoms with Gasteiger partial charge in [-0.1, -0.05) is 0 Å². The molecule has 0 aliphatic heterocycles. The van der Waals surface area contributed by atoms with Gasteiger partial charge in [0.05, 0.1) is 0 Å². The quantitative estimate of drug-likeness (QED) is 0.415. The summed E-state index contributed by atoms with van der Waals surface area (Å²) < 4.78 is 0. The maximum absolute atomic E-state index is 8.36. The molecule has 0 fully saturated rings. The Bertz CT molecular complexity index is 30.5. The number of hydrogen-bond acceptors (Lipinski definition) is 2. The van der Waals surface area contributed by atoms with Crippen LogP contribution in [-0.2, 0) is 0 Å². The zero-order chi connectivity index (χ0) is 3.58. The molecule has 0 amide bonds. The van der Waals surface area contributed by atoms with Crippen LogP contribution in [0.3, 0.4) is 0 Å². The van der Waals surface area contributed by atoms with Crippen molar-refractivity contribution in [2.24, 2.45) is 0 Å². The van der Waals surface area contributed by atoms with Crippen molar-refractivity contribution in [3.05, 3.63) is 10.1 Å². The fraction of sp³-hybridized carbons (Fsp3) is 0. The molecule has 0 unspecified atom stereocenters. The van der Waals surface area contributed by atoms with Gasteiger partial charge in [0, 0.05) is 40.8 Å². The largest absolute Gasteiger partial charge is 0.412 e. The van der Waals surface area contributed by atoms with E-state index in [1.807, 2.05) is 0 Å². The third kappa shape index (κ3) is 213. The van der Waals surface area contributed by atoms with Gasteiger partial charge in [-0.15, -0.1) is 10.1 Å². The van der Waals surface area contributed by atoms with Crippen LogP contribution in [0.15, 0.2) is 0 Å². The maximum atomic E-state index is 8.36. The van der Waals surface area contributed by atoms with Gasteiger partial charge in [-0.2, -0.15) is 0 Å². The SMILES string of the molecule is O.O=[N+]([O-])O.[Nd]. The van der Waals surface area contributed by atoms with E-state index in [0.717, 1.165) is 0 Å². The monoisotopic (exact) mass is 223 g/mol. The second-order valence-corrected chi connectivity index (χ2v) is 0.238. The molecule has 6 heteroatoms. The summed E-state index contributed by atoms with van der Waals surface area (Å²) in [5.74, 6) is 0. The molecule has 0 radical (unpaired) electrons. The molecule has 0 aromatic carbocycles. The molecule has 0 saturated carbocycles. The van der Waals surface area contributed by atoms with Gasteiger partial charge in [-0.05, 0) is 0 Å². The molecule has 0 rings (SSSR count). The summed E-state index contributed by atoms with van der Waals surface area (Å²) in [7, 11) is 0. The Hall–Kier alpha value is 0.511. The Balaban J connectivity index is -0.0000000450. The van der Waals surface area contributed by atoms with E-state index in [4.69, 9.17) is 15.3 Å². The summed E-state index contributed by atoms with van der Waals surface area (Å²) in [6.45, 7) is 0. The molecule has 0 heterocycles. The molecule has 5 nitrogen and oxygen atoms in total. The fourth-order valence-electron chi connectivity index (χ4n) is 0. The molecule has 0 saturated heterocycles. The molecule has 0 aromatic heterocycles. The van der Waals surface area contributed by atoms with Gasteiger partial charge in [0.15, 0.2) is 0 Å².